The predicted molar refractivity (Wildman–Crippen MR) is 64.5 cm³/mol. The van der Waals surface area contributed by atoms with E-state index in [1.54, 1.807) is 0 Å². The molecule has 0 aliphatic carbocycles. The first-order valence-electron chi connectivity index (χ1n) is 5.48. The number of methoxy groups -OCH3 is 1. The second-order valence-corrected chi connectivity index (χ2v) is 3.89. The first-order valence-corrected chi connectivity index (χ1v) is 5.48. The number of hydrogen-bond acceptors (Lipinski definition) is 4. The van der Waals surface area contributed by atoms with Gasteiger partial charge in [-0.2, -0.15) is 5.10 Å². The number of carbonyl (C=O) groups excluding carboxylic acids is 2. The number of halogens is 1. The Kier molecular flexibility index (Phi) is 3.70. The van der Waals surface area contributed by atoms with Crippen LogP contribution >= 0.6 is 0 Å². The number of carbonyl (C=O) groups is 2. The Labute approximate surface area is 108 Å². The summed E-state index contributed by atoms with van der Waals surface area (Å²) >= 11 is 0. The molecule has 0 spiro atoms. The maximum Gasteiger partial charge on any atom is 0.337 e. The molecule has 1 aromatic carbocycles. The van der Waals surface area contributed by atoms with Crippen LogP contribution in [0.1, 0.15) is 26.3 Å². The molecular weight excluding hydrogens is 251 g/mol. The summed E-state index contributed by atoms with van der Waals surface area (Å²) in [6.07, 6.45) is 3.54. The van der Waals surface area contributed by atoms with E-state index in [4.69, 9.17) is 0 Å². The molecule has 0 N–H and O–H groups in total. The van der Waals surface area contributed by atoms with Crippen LogP contribution in [0.5, 0.6) is 0 Å². The Morgan fingerprint density at radius 2 is 2.32 bits per heavy atom. The molecule has 98 valence electrons. The molecule has 19 heavy (non-hydrogen) atoms. The monoisotopic (exact) mass is 262 g/mol. The van der Waals surface area contributed by atoms with E-state index in [1.807, 2.05) is 0 Å². The number of benzene rings is 1. The van der Waals surface area contributed by atoms with Crippen molar-refractivity contribution < 1.29 is 18.7 Å². The number of hydrogen-bond donors (Lipinski definition) is 0. The van der Waals surface area contributed by atoms with E-state index >= 15 is 0 Å². The summed E-state index contributed by atoms with van der Waals surface area (Å²) in [4.78, 5) is 21.9. The van der Waals surface area contributed by atoms with E-state index in [0.29, 0.717) is 17.4 Å². The Bertz CT molecular complexity index is 622. The first-order chi connectivity index (χ1) is 9.13. The maximum absolute atomic E-state index is 13.6. The zero-order valence-electron chi connectivity index (χ0n) is 10.2. The van der Waals surface area contributed by atoms with Gasteiger partial charge >= 0.3 is 5.97 Å². The molecular formula is C13H11FN2O3. The summed E-state index contributed by atoms with van der Waals surface area (Å²) in [5.74, 6) is -0.980. The third kappa shape index (κ3) is 2.85. The second-order valence-electron chi connectivity index (χ2n) is 3.89. The lowest BCUT2D eigenvalue weighted by atomic mass is 10.1. The van der Waals surface area contributed by atoms with Crippen LogP contribution in [-0.2, 0) is 11.3 Å². The number of aromatic nitrogens is 2. The van der Waals surface area contributed by atoms with E-state index < -0.39 is 11.8 Å². The Hall–Kier alpha value is -2.50. The molecule has 0 radical (unpaired) electrons. The first kappa shape index (κ1) is 12.9. The van der Waals surface area contributed by atoms with E-state index in [9.17, 15) is 14.0 Å². The van der Waals surface area contributed by atoms with Crippen LogP contribution in [0.2, 0.25) is 0 Å². The molecule has 0 saturated heterocycles. The quantitative estimate of drug-likeness (QED) is 0.621. The van der Waals surface area contributed by atoms with E-state index in [-0.39, 0.29) is 12.1 Å². The molecule has 0 saturated carbocycles. The SMILES string of the molecule is COC(=O)c1ccc(F)c(Cn2cc(C=O)cn2)c1. The second kappa shape index (κ2) is 5.43. The highest BCUT2D eigenvalue weighted by Crippen LogP contribution is 2.13. The minimum Gasteiger partial charge on any atom is -0.465 e. The summed E-state index contributed by atoms with van der Waals surface area (Å²) in [6.45, 7) is 0.129. The van der Waals surface area contributed by atoms with Gasteiger partial charge in [-0.3, -0.25) is 9.48 Å². The van der Waals surface area contributed by atoms with Gasteiger partial charge in [-0.25, -0.2) is 9.18 Å². The van der Waals surface area contributed by atoms with Gasteiger partial charge in [0.25, 0.3) is 0 Å². The molecule has 6 heteroatoms. The van der Waals surface area contributed by atoms with Crippen LogP contribution in [0.15, 0.2) is 30.6 Å². The van der Waals surface area contributed by atoms with Crippen LogP contribution in [0, 0.1) is 5.82 Å². The lowest BCUT2D eigenvalue weighted by Gasteiger charge is -2.06. The molecule has 0 unspecified atom stereocenters. The standard InChI is InChI=1S/C13H11FN2O3/c1-19-13(18)10-2-3-12(14)11(4-10)7-16-6-9(8-17)5-15-16/h2-6,8H,7H2,1H3. The van der Waals surface area contributed by atoms with Crippen molar-refractivity contribution >= 4 is 12.3 Å². The zero-order chi connectivity index (χ0) is 13.8. The third-order valence-corrected chi connectivity index (χ3v) is 2.59. The highest BCUT2D eigenvalue weighted by atomic mass is 19.1. The van der Waals surface area contributed by atoms with Crippen molar-refractivity contribution in [2.75, 3.05) is 7.11 Å². The van der Waals surface area contributed by atoms with Crippen molar-refractivity contribution in [1.82, 2.24) is 9.78 Å². The van der Waals surface area contributed by atoms with Gasteiger partial charge in [-0.05, 0) is 18.2 Å². The minimum atomic E-state index is -0.532. The van der Waals surface area contributed by atoms with Crippen LogP contribution in [0.25, 0.3) is 0 Å². The van der Waals surface area contributed by atoms with Crippen LogP contribution in [0.3, 0.4) is 0 Å². The fraction of sp³-hybridized carbons (Fsp3) is 0.154. The number of nitrogens with zero attached hydrogens (tertiary/aromatic N) is 2. The minimum absolute atomic E-state index is 0.129. The topological polar surface area (TPSA) is 61.2 Å². The maximum atomic E-state index is 13.6. The normalized spacial score (nSPS) is 10.2. The fourth-order valence-corrected chi connectivity index (χ4v) is 1.64. The Morgan fingerprint density at radius 1 is 1.53 bits per heavy atom. The summed E-state index contributed by atoms with van der Waals surface area (Å²) in [6, 6.07) is 3.96. The van der Waals surface area contributed by atoms with Crippen molar-refractivity contribution in [1.29, 1.82) is 0 Å². The van der Waals surface area contributed by atoms with Crippen molar-refractivity contribution in [3.8, 4) is 0 Å². The molecule has 0 amide bonds. The molecule has 2 aromatic rings. The molecule has 0 aliphatic heterocycles. The van der Waals surface area contributed by atoms with E-state index in [0.717, 1.165) is 0 Å². The number of rotatable bonds is 4. The molecule has 0 fully saturated rings. The lowest BCUT2D eigenvalue weighted by molar-refractivity contribution is 0.0600. The van der Waals surface area contributed by atoms with Crippen molar-refractivity contribution in [2.45, 2.75) is 6.54 Å². The van der Waals surface area contributed by atoms with Crippen LogP contribution in [-0.4, -0.2) is 29.1 Å². The molecule has 0 bridgehead atoms. The van der Waals surface area contributed by atoms with Gasteiger partial charge in [0.05, 0.1) is 31.0 Å². The summed E-state index contributed by atoms with van der Waals surface area (Å²) < 4.78 is 19.6. The zero-order valence-corrected chi connectivity index (χ0v) is 10.2. The van der Waals surface area contributed by atoms with Crippen molar-refractivity contribution in [3.05, 3.63) is 53.1 Å². The lowest BCUT2D eigenvalue weighted by Crippen LogP contribution is -2.06. The van der Waals surface area contributed by atoms with Gasteiger partial charge in [0.2, 0.25) is 0 Å². The molecule has 1 aromatic heterocycles. The molecule has 2 rings (SSSR count). The van der Waals surface area contributed by atoms with Crippen molar-refractivity contribution in [2.24, 2.45) is 0 Å². The van der Waals surface area contributed by atoms with Crippen LogP contribution in [0.4, 0.5) is 4.39 Å². The molecule has 1 heterocycles. The van der Waals surface area contributed by atoms with Crippen molar-refractivity contribution in [3.63, 3.8) is 0 Å². The Morgan fingerprint density at radius 3 is 2.95 bits per heavy atom. The summed E-state index contributed by atoms with van der Waals surface area (Å²) in [5, 5.41) is 3.92. The van der Waals surface area contributed by atoms with Gasteiger partial charge in [-0.1, -0.05) is 0 Å². The largest absolute Gasteiger partial charge is 0.465 e. The van der Waals surface area contributed by atoms with Gasteiger partial charge in [0, 0.05) is 11.8 Å². The fourth-order valence-electron chi connectivity index (χ4n) is 1.64. The third-order valence-electron chi connectivity index (χ3n) is 2.59. The smallest absolute Gasteiger partial charge is 0.337 e. The molecule has 0 atom stereocenters. The summed E-state index contributed by atoms with van der Waals surface area (Å²) in [7, 11) is 1.26. The van der Waals surface area contributed by atoms with E-state index in [1.165, 1.54) is 42.4 Å². The number of ether oxygens (including phenoxy) is 1. The molecule has 0 aliphatic rings. The average Bonchev–Trinajstić information content (AvgIpc) is 2.88. The average molecular weight is 262 g/mol. The van der Waals surface area contributed by atoms with Gasteiger partial charge in [0.15, 0.2) is 6.29 Å². The predicted octanol–water partition coefficient (Wildman–Crippen LogP) is 1.67. The Balaban J connectivity index is 2.28. The molecule has 5 nitrogen and oxygen atoms in total. The van der Waals surface area contributed by atoms with Crippen LogP contribution < -0.4 is 0 Å². The number of aldehydes is 1. The highest BCUT2D eigenvalue weighted by Gasteiger charge is 2.10. The number of esters is 1. The highest BCUT2D eigenvalue weighted by molar-refractivity contribution is 5.89. The van der Waals surface area contributed by atoms with Gasteiger partial charge < -0.3 is 4.74 Å². The summed E-state index contributed by atoms with van der Waals surface area (Å²) in [5.41, 5.74) is 0.967. The van der Waals surface area contributed by atoms with E-state index in [2.05, 4.69) is 9.84 Å². The van der Waals surface area contributed by atoms with Gasteiger partial charge in [-0.15, -0.1) is 0 Å². The van der Waals surface area contributed by atoms with Gasteiger partial charge in [0.1, 0.15) is 5.82 Å².